The van der Waals surface area contributed by atoms with Gasteiger partial charge in [-0.15, -0.1) is 0 Å². The molecule has 1 heterocycles. The summed E-state index contributed by atoms with van der Waals surface area (Å²) in [6.07, 6.45) is 4.91. The number of hydrogen-bond acceptors (Lipinski definition) is 3. The zero-order chi connectivity index (χ0) is 15.8. The fraction of sp³-hybridized carbons (Fsp3) is 0.412. The molecule has 0 bridgehead atoms. The van der Waals surface area contributed by atoms with Crippen molar-refractivity contribution in [2.75, 3.05) is 6.61 Å². The number of hydrogen-bond donors (Lipinski definition) is 1. The lowest BCUT2D eigenvalue weighted by molar-refractivity contribution is -0.122. The molecule has 0 fully saturated rings. The van der Waals surface area contributed by atoms with Gasteiger partial charge in [-0.25, -0.2) is 0 Å². The summed E-state index contributed by atoms with van der Waals surface area (Å²) in [6.45, 7) is 5.18. The van der Waals surface area contributed by atoms with Crippen LogP contribution < -0.4 is 10.1 Å². The van der Waals surface area contributed by atoms with Crippen LogP contribution in [0.1, 0.15) is 25.3 Å². The van der Waals surface area contributed by atoms with Crippen molar-refractivity contribution in [1.29, 1.82) is 0 Å². The highest BCUT2D eigenvalue weighted by atomic mass is 16.5. The zero-order valence-electron chi connectivity index (χ0n) is 13.2. The van der Waals surface area contributed by atoms with Crippen LogP contribution in [0.15, 0.2) is 42.7 Å². The number of benzene rings is 1. The molecule has 5 heteroatoms. The van der Waals surface area contributed by atoms with E-state index in [1.54, 1.807) is 6.20 Å². The van der Waals surface area contributed by atoms with Crippen LogP contribution in [-0.2, 0) is 11.3 Å². The minimum Gasteiger partial charge on any atom is -0.491 e. The summed E-state index contributed by atoms with van der Waals surface area (Å²) in [5.74, 6) is 0.912. The molecule has 0 aliphatic rings. The highest BCUT2D eigenvalue weighted by Crippen LogP contribution is 2.16. The summed E-state index contributed by atoms with van der Waals surface area (Å²) in [7, 11) is 0. The van der Waals surface area contributed by atoms with Gasteiger partial charge in [0.15, 0.2) is 0 Å². The smallest absolute Gasteiger partial charge is 0.220 e. The lowest BCUT2D eigenvalue weighted by Crippen LogP contribution is -2.36. The lowest BCUT2D eigenvalue weighted by Gasteiger charge is -2.16. The minimum absolute atomic E-state index is 0.0168. The maximum Gasteiger partial charge on any atom is 0.220 e. The maximum atomic E-state index is 11.9. The van der Waals surface area contributed by atoms with Crippen molar-refractivity contribution in [2.45, 2.75) is 39.3 Å². The third-order valence-corrected chi connectivity index (χ3v) is 3.34. The topological polar surface area (TPSA) is 56.1 Å². The van der Waals surface area contributed by atoms with Gasteiger partial charge < -0.3 is 10.1 Å². The Morgan fingerprint density at radius 2 is 2.18 bits per heavy atom. The number of aromatic nitrogens is 2. The molecule has 0 spiro atoms. The molecule has 1 aromatic heterocycles. The number of carbonyl (C=O) groups is 1. The summed E-state index contributed by atoms with van der Waals surface area (Å²) in [5, 5.41) is 7.07. The van der Waals surface area contributed by atoms with Crippen LogP contribution >= 0.6 is 0 Å². The van der Waals surface area contributed by atoms with E-state index in [-0.39, 0.29) is 11.9 Å². The molecule has 22 heavy (non-hydrogen) atoms. The molecule has 1 atom stereocenters. The Morgan fingerprint density at radius 3 is 2.91 bits per heavy atom. The predicted octanol–water partition coefficient (Wildman–Crippen LogP) is 2.56. The number of nitrogens with one attached hydrogen (secondary N) is 1. The zero-order valence-corrected chi connectivity index (χ0v) is 13.2. The molecule has 0 radical (unpaired) electrons. The normalized spacial score (nSPS) is 11.9. The van der Waals surface area contributed by atoms with Gasteiger partial charge in [0.1, 0.15) is 12.4 Å². The molecular formula is C17H23N3O2. The van der Waals surface area contributed by atoms with E-state index in [1.807, 2.05) is 55.1 Å². The molecule has 0 saturated heterocycles. The summed E-state index contributed by atoms with van der Waals surface area (Å²) >= 11 is 0. The third-order valence-electron chi connectivity index (χ3n) is 3.34. The highest BCUT2D eigenvalue weighted by Gasteiger charge is 2.08. The second kappa shape index (κ2) is 8.22. The molecule has 2 rings (SSSR count). The Morgan fingerprint density at radius 1 is 1.36 bits per heavy atom. The molecule has 5 nitrogen and oxygen atoms in total. The van der Waals surface area contributed by atoms with E-state index in [9.17, 15) is 4.79 Å². The average molecular weight is 301 g/mol. The highest BCUT2D eigenvalue weighted by molar-refractivity contribution is 5.76. The van der Waals surface area contributed by atoms with E-state index in [1.165, 1.54) is 0 Å². The molecule has 0 saturated carbocycles. The van der Waals surface area contributed by atoms with Crippen LogP contribution in [0.4, 0.5) is 0 Å². The SMILES string of the molecule is Cc1ccccc1OC[C@H](C)NC(=O)CCCn1cccn1. The van der Waals surface area contributed by atoms with Crippen molar-refractivity contribution in [3.63, 3.8) is 0 Å². The monoisotopic (exact) mass is 301 g/mol. The van der Waals surface area contributed by atoms with Gasteiger partial charge in [-0.05, 0) is 38.0 Å². The Balaban J connectivity index is 1.64. The first-order valence-electron chi connectivity index (χ1n) is 7.60. The van der Waals surface area contributed by atoms with Crippen LogP contribution in [0.3, 0.4) is 0 Å². The number of rotatable bonds is 8. The summed E-state index contributed by atoms with van der Waals surface area (Å²) in [5.41, 5.74) is 1.10. The Labute approximate surface area is 131 Å². The first kappa shape index (κ1) is 16.1. The van der Waals surface area contributed by atoms with E-state index in [2.05, 4.69) is 10.4 Å². The number of para-hydroxylation sites is 1. The van der Waals surface area contributed by atoms with E-state index >= 15 is 0 Å². The average Bonchev–Trinajstić information content (AvgIpc) is 2.99. The van der Waals surface area contributed by atoms with Crippen molar-refractivity contribution >= 4 is 5.91 Å². The van der Waals surface area contributed by atoms with Gasteiger partial charge in [-0.1, -0.05) is 18.2 Å². The van der Waals surface area contributed by atoms with Gasteiger partial charge in [0.2, 0.25) is 5.91 Å². The second-order valence-electron chi connectivity index (χ2n) is 5.42. The van der Waals surface area contributed by atoms with Gasteiger partial charge in [-0.3, -0.25) is 9.48 Å². The quantitative estimate of drug-likeness (QED) is 0.815. The molecule has 0 aliphatic carbocycles. The molecule has 1 aromatic carbocycles. The molecule has 1 amide bonds. The lowest BCUT2D eigenvalue weighted by atomic mass is 10.2. The minimum atomic E-state index is -0.0168. The van der Waals surface area contributed by atoms with Crippen LogP contribution in [0.25, 0.3) is 0 Å². The van der Waals surface area contributed by atoms with E-state index in [0.717, 1.165) is 24.3 Å². The van der Waals surface area contributed by atoms with Crippen molar-refractivity contribution in [3.8, 4) is 5.75 Å². The van der Waals surface area contributed by atoms with Crippen molar-refractivity contribution in [1.82, 2.24) is 15.1 Å². The van der Waals surface area contributed by atoms with Crippen LogP contribution in [0.2, 0.25) is 0 Å². The number of amides is 1. The molecular weight excluding hydrogens is 278 g/mol. The molecule has 0 aliphatic heterocycles. The molecule has 2 aromatic rings. The number of carbonyl (C=O) groups excluding carboxylic acids is 1. The fourth-order valence-corrected chi connectivity index (χ4v) is 2.16. The van der Waals surface area contributed by atoms with Crippen LogP contribution in [0, 0.1) is 6.92 Å². The molecule has 0 unspecified atom stereocenters. The van der Waals surface area contributed by atoms with Crippen molar-refractivity contribution < 1.29 is 9.53 Å². The van der Waals surface area contributed by atoms with Gasteiger partial charge in [0.05, 0.1) is 6.04 Å². The maximum absolute atomic E-state index is 11.9. The predicted molar refractivity (Wildman–Crippen MR) is 85.7 cm³/mol. The number of aryl methyl sites for hydroxylation is 2. The first-order chi connectivity index (χ1) is 10.6. The molecule has 118 valence electrons. The summed E-state index contributed by atoms with van der Waals surface area (Å²) in [6, 6.07) is 9.73. The Kier molecular flexibility index (Phi) is 6.01. The summed E-state index contributed by atoms with van der Waals surface area (Å²) < 4.78 is 7.57. The Hall–Kier alpha value is -2.30. The van der Waals surface area contributed by atoms with E-state index < -0.39 is 0 Å². The van der Waals surface area contributed by atoms with E-state index in [4.69, 9.17) is 4.74 Å². The second-order valence-corrected chi connectivity index (χ2v) is 5.42. The molecule has 1 N–H and O–H groups in total. The van der Waals surface area contributed by atoms with Gasteiger partial charge in [0, 0.05) is 25.4 Å². The number of ether oxygens (including phenoxy) is 1. The van der Waals surface area contributed by atoms with Gasteiger partial charge >= 0.3 is 0 Å². The fourth-order valence-electron chi connectivity index (χ4n) is 2.16. The van der Waals surface area contributed by atoms with Gasteiger partial charge in [0.25, 0.3) is 0 Å². The largest absolute Gasteiger partial charge is 0.491 e. The van der Waals surface area contributed by atoms with Crippen LogP contribution in [-0.4, -0.2) is 28.3 Å². The van der Waals surface area contributed by atoms with E-state index in [0.29, 0.717) is 13.0 Å². The standard InChI is InChI=1S/C17H23N3O2/c1-14-7-3-4-8-16(14)22-13-15(2)19-17(21)9-5-11-20-12-6-10-18-20/h3-4,6-8,10,12,15H,5,9,11,13H2,1-2H3,(H,19,21)/t15-/m0/s1. The number of nitrogens with zero attached hydrogens (tertiary/aromatic N) is 2. The summed E-state index contributed by atoms with van der Waals surface area (Å²) in [4.78, 5) is 11.9. The van der Waals surface area contributed by atoms with Crippen molar-refractivity contribution in [2.24, 2.45) is 0 Å². The van der Waals surface area contributed by atoms with Crippen LogP contribution in [0.5, 0.6) is 5.75 Å². The Bertz CT molecular complexity index is 581. The first-order valence-corrected chi connectivity index (χ1v) is 7.60. The van der Waals surface area contributed by atoms with Gasteiger partial charge in [-0.2, -0.15) is 5.10 Å². The van der Waals surface area contributed by atoms with Crippen molar-refractivity contribution in [3.05, 3.63) is 48.3 Å². The third kappa shape index (κ3) is 5.24.